The normalized spacial score (nSPS) is 12.8. The first-order valence-electron chi connectivity index (χ1n) is 12.0. The van der Waals surface area contributed by atoms with Crippen LogP contribution in [0.1, 0.15) is 13.8 Å². The summed E-state index contributed by atoms with van der Waals surface area (Å²) in [5, 5.41) is 10.9. The van der Waals surface area contributed by atoms with Crippen molar-refractivity contribution in [2.75, 3.05) is 19.1 Å². The quantitative estimate of drug-likeness (QED) is 0.220. The number of thiazole rings is 1. The Labute approximate surface area is 237 Å². The lowest BCUT2D eigenvalue weighted by atomic mass is 10.1. The Hall–Kier alpha value is -4.29. The summed E-state index contributed by atoms with van der Waals surface area (Å²) in [5.41, 5.74) is 2.51. The zero-order valence-electron chi connectivity index (χ0n) is 21.8. The van der Waals surface area contributed by atoms with Gasteiger partial charge in [-0.05, 0) is 32.0 Å². The first-order valence-corrected chi connectivity index (χ1v) is 13.2. The summed E-state index contributed by atoms with van der Waals surface area (Å²) < 4.78 is 32.0. The van der Waals surface area contributed by atoms with Crippen LogP contribution in [-0.4, -0.2) is 57.5 Å². The number of carbonyl (C=O) groups is 1. The van der Waals surface area contributed by atoms with Crippen molar-refractivity contribution < 1.29 is 28.5 Å². The van der Waals surface area contributed by atoms with Gasteiger partial charge in [-0.15, -0.1) is 11.3 Å². The van der Waals surface area contributed by atoms with Crippen LogP contribution >= 0.6 is 22.9 Å². The third kappa shape index (κ3) is 5.27. The zero-order valence-corrected chi connectivity index (χ0v) is 23.3. The molecule has 0 saturated carbocycles. The number of halogens is 2. The van der Waals surface area contributed by atoms with E-state index in [9.17, 15) is 9.90 Å². The minimum absolute atomic E-state index is 0.0271. The van der Waals surface area contributed by atoms with Gasteiger partial charge in [-0.2, -0.15) is 0 Å². The molecule has 2 unspecified atom stereocenters. The van der Waals surface area contributed by atoms with E-state index in [4.69, 9.17) is 25.8 Å². The number of carboxylic acid groups (broad SMARTS) is 1. The Morgan fingerprint density at radius 1 is 1.02 bits per heavy atom. The average Bonchev–Trinajstić information content (AvgIpc) is 3.35. The fraction of sp³-hybridized carbons (Fsp3) is 0.222. The summed E-state index contributed by atoms with van der Waals surface area (Å²) in [6.45, 7) is 3.34. The Kier molecular flexibility index (Phi) is 7.55. The van der Waals surface area contributed by atoms with E-state index in [0.29, 0.717) is 54.3 Å². The summed E-state index contributed by atoms with van der Waals surface area (Å²) in [7, 11) is 2.97. The van der Waals surface area contributed by atoms with Crippen molar-refractivity contribution in [3.63, 3.8) is 0 Å². The van der Waals surface area contributed by atoms with E-state index in [2.05, 4.69) is 19.9 Å². The molecular weight excluding hydrogens is 561 g/mol. The second-order valence-corrected chi connectivity index (χ2v) is 10.2. The highest BCUT2D eigenvalue weighted by Crippen LogP contribution is 2.38. The number of ether oxygens (including phenoxy) is 3. The number of fused-ring (bicyclic) bond motifs is 2. The number of hydrogen-bond donors (Lipinski definition) is 1. The van der Waals surface area contributed by atoms with Crippen LogP contribution in [0.15, 0.2) is 48.8 Å². The molecule has 5 rings (SSSR count). The number of methoxy groups -OCH3 is 2. The van der Waals surface area contributed by atoms with Crippen LogP contribution in [0.3, 0.4) is 0 Å². The minimum atomic E-state index is -1.20. The number of nitrogens with zero attached hydrogens (tertiary/aromatic N) is 5. The van der Waals surface area contributed by atoms with Crippen molar-refractivity contribution in [2.24, 2.45) is 0 Å². The smallest absolute Gasteiger partial charge is 0.412 e. The highest BCUT2D eigenvalue weighted by Gasteiger charge is 2.28. The van der Waals surface area contributed by atoms with Crippen LogP contribution in [0.2, 0.25) is 5.02 Å². The second-order valence-electron chi connectivity index (χ2n) is 8.78. The molecule has 13 heteroatoms. The Balaban J connectivity index is 1.45. The predicted molar refractivity (Wildman–Crippen MR) is 151 cm³/mol. The van der Waals surface area contributed by atoms with Crippen molar-refractivity contribution in [3.05, 3.63) is 59.6 Å². The number of amides is 1. The van der Waals surface area contributed by atoms with Crippen LogP contribution in [0, 0.1) is 5.82 Å². The first-order chi connectivity index (χ1) is 19.2. The largest absolute Gasteiger partial charge is 0.485 e. The van der Waals surface area contributed by atoms with Gasteiger partial charge >= 0.3 is 6.09 Å². The third-order valence-corrected chi connectivity index (χ3v) is 7.55. The van der Waals surface area contributed by atoms with Gasteiger partial charge in [0.1, 0.15) is 11.1 Å². The van der Waals surface area contributed by atoms with Gasteiger partial charge in [-0.25, -0.2) is 29.1 Å². The van der Waals surface area contributed by atoms with Crippen molar-refractivity contribution in [1.82, 2.24) is 19.9 Å². The standard InChI is InChI=1S/C27H23ClFN5O5S/c1-13(34(27(35)36)16-5-6-23(37-3)30-11-16)14(2)39-21-10-22-19(9-18(21)29)33-26(40-22)17-7-15(28)8-20-25(17)31-12-24(32-20)38-4/h5-14H,1-4H3,(H,35,36). The van der Waals surface area contributed by atoms with Crippen molar-refractivity contribution >= 4 is 56.0 Å². The molecule has 1 amide bonds. The van der Waals surface area contributed by atoms with E-state index in [1.807, 2.05) is 0 Å². The molecule has 0 spiro atoms. The van der Waals surface area contributed by atoms with Crippen LogP contribution in [0.5, 0.6) is 17.5 Å². The van der Waals surface area contributed by atoms with Crippen LogP contribution in [0.4, 0.5) is 14.9 Å². The number of aromatic nitrogens is 4. The van der Waals surface area contributed by atoms with E-state index >= 15 is 4.39 Å². The van der Waals surface area contributed by atoms with Crippen LogP contribution < -0.4 is 19.1 Å². The van der Waals surface area contributed by atoms with Gasteiger partial charge in [0.15, 0.2) is 11.6 Å². The monoisotopic (exact) mass is 583 g/mol. The van der Waals surface area contributed by atoms with E-state index in [1.165, 1.54) is 44.0 Å². The van der Waals surface area contributed by atoms with Gasteiger partial charge < -0.3 is 19.3 Å². The minimum Gasteiger partial charge on any atom is -0.485 e. The molecule has 0 aliphatic rings. The summed E-state index contributed by atoms with van der Waals surface area (Å²) in [6, 6.07) is 8.70. The average molecular weight is 584 g/mol. The van der Waals surface area contributed by atoms with E-state index < -0.39 is 24.1 Å². The molecule has 10 nitrogen and oxygen atoms in total. The molecule has 2 atom stereocenters. The lowest BCUT2D eigenvalue weighted by Crippen LogP contribution is -2.46. The molecule has 0 aliphatic heterocycles. The summed E-state index contributed by atoms with van der Waals surface area (Å²) in [4.78, 5) is 30.7. The number of anilines is 1. The SMILES string of the molecule is COc1ccc(N(C(=O)O)C(C)C(C)Oc2cc3sc(-c4cc(Cl)cc5nc(OC)cnc45)nc3cc2F)cn1. The van der Waals surface area contributed by atoms with E-state index in [0.717, 1.165) is 4.90 Å². The highest BCUT2D eigenvalue weighted by atomic mass is 35.5. The van der Waals surface area contributed by atoms with Crippen molar-refractivity contribution in [1.29, 1.82) is 0 Å². The lowest BCUT2D eigenvalue weighted by molar-refractivity contribution is 0.167. The first kappa shape index (κ1) is 27.3. The Bertz CT molecular complexity index is 1720. The maximum Gasteiger partial charge on any atom is 0.412 e. The van der Waals surface area contributed by atoms with Gasteiger partial charge in [-0.3, -0.25) is 4.90 Å². The highest BCUT2D eigenvalue weighted by molar-refractivity contribution is 7.21. The molecule has 0 aliphatic carbocycles. The van der Waals surface area contributed by atoms with Crippen molar-refractivity contribution in [3.8, 4) is 28.1 Å². The molecular formula is C27H23ClFN5O5S. The van der Waals surface area contributed by atoms with Crippen molar-refractivity contribution in [2.45, 2.75) is 26.0 Å². The molecule has 0 saturated heterocycles. The molecule has 1 N–H and O–H groups in total. The molecule has 206 valence electrons. The molecule has 40 heavy (non-hydrogen) atoms. The van der Waals surface area contributed by atoms with Gasteiger partial charge in [0.2, 0.25) is 11.8 Å². The fourth-order valence-corrected chi connectivity index (χ4v) is 5.34. The van der Waals surface area contributed by atoms with Gasteiger partial charge in [0.25, 0.3) is 0 Å². The molecule has 5 aromatic rings. The molecule has 3 heterocycles. The number of rotatable bonds is 8. The fourth-order valence-electron chi connectivity index (χ4n) is 4.13. The van der Waals surface area contributed by atoms with Gasteiger partial charge in [0.05, 0.1) is 59.6 Å². The number of hydrogen-bond acceptors (Lipinski definition) is 9. The number of benzene rings is 2. The molecule has 0 fully saturated rings. The summed E-state index contributed by atoms with van der Waals surface area (Å²) in [6.07, 6.45) is 0.970. The topological polar surface area (TPSA) is 120 Å². The maximum atomic E-state index is 15.2. The third-order valence-electron chi connectivity index (χ3n) is 6.28. The molecule has 0 radical (unpaired) electrons. The lowest BCUT2D eigenvalue weighted by Gasteiger charge is -2.31. The number of pyridine rings is 1. The summed E-state index contributed by atoms with van der Waals surface area (Å²) in [5.74, 6) is 0.0439. The maximum absolute atomic E-state index is 15.2. The van der Waals surface area contributed by atoms with Crippen LogP contribution in [0.25, 0.3) is 31.8 Å². The molecule has 2 aromatic carbocycles. The van der Waals surface area contributed by atoms with E-state index in [1.54, 1.807) is 44.2 Å². The zero-order chi connectivity index (χ0) is 28.6. The van der Waals surface area contributed by atoms with Gasteiger partial charge in [0, 0.05) is 28.8 Å². The van der Waals surface area contributed by atoms with Crippen LogP contribution in [-0.2, 0) is 0 Å². The molecule has 3 aromatic heterocycles. The Morgan fingerprint density at radius 3 is 2.48 bits per heavy atom. The second kappa shape index (κ2) is 11.1. The van der Waals surface area contributed by atoms with Gasteiger partial charge in [-0.1, -0.05) is 11.6 Å². The van der Waals surface area contributed by atoms with E-state index in [-0.39, 0.29) is 5.75 Å². The predicted octanol–water partition coefficient (Wildman–Crippen LogP) is 6.45. The Morgan fingerprint density at radius 2 is 1.80 bits per heavy atom. The molecule has 0 bridgehead atoms. The summed E-state index contributed by atoms with van der Waals surface area (Å²) >= 11 is 7.66.